The van der Waals surface area contributed by atoms with Crippen LogP contribution >= 0.6 is 34.8 Å². The standard InChI is InChI=1S/C18H17Cl3N2O2/c1-11(22-17(24)13-7-5-9-15(20)16(13)21)18(25)23(2)10-12-6-3-4-8-14(12)19/h3-9,11H,10H2,1-2H3,(H,22,24). The number of likely N-dealkylation sites (N-methyl/N-ethyl adjacent to an activating group) is 1. The van der Waals surface area contributed by atoms with Crippen LogP contribution in [0.15, 0.2) is 42.5 Å². The highest BCUT2D eigenvalue weighted by Gasteiger charge is 2.22. The number of carbonyl (C=O) groups is 2. The normalized spacial score (nSPS) is 11.7. The van der Waals surface area contributed by atoms with E-state index in [-0.39, 0.29) is 21.5 Å². The number of hydrogen-bond acceptors (Lipinski definition) is 2. The third-order valence-electron chi connectivity index (χ3n) is 3.66. The smallest absolute Gasteiger partial charge is 0.253 e. The second-order valence-electron chi connectivity index (χ2n) is 5.58. The predicted octanol–water partition coefficient (Wildman–Crippen LogP) is 4.42. The molecule has 1 unspecified atom stereocenters. The van der Waals surface area contributed by atoms with Gasteiger partial charge in [0.05, 0.1) is 15.6 Å². The van der Waals surface area contributed by atoms with E-state index in [4.69, 9.17) is 34.8 Å². The zero-order valence-electron chi connectivity index (χ0n) is 13.7. The predicted molar refractivity (Wildman–Crippen MR) is 101 cm³/mol. The summed E-state index contributed by atoms with van der Waals surface area (Å²) in [6, 6.07) is 11.3. The lowest BCUT2D eigenvalue weighted by atomic mass is 10.1. The molecular weight excluding hydrogens is 383 g/mol. The van der Waals surface area contributed by atoms with Crippen molar-refractivity contribution in [3.63, 3.8) is 0 Å². The van der Waals surface area contributed by atoms with Gasteiger partial charge in [0.2, 0.25) is 5.91 Å². The molecule has 1 N–H and O–H groups in total. The Kier molecular flexibility index (Phi) is 6.71. The molecule has 0 spiro atoms. The van der Waals surface area contributed by atoms with Crippen LogP contribution in [0.25, 0.3) is 0 Å². The molecule has 2 aromatic carbocycles. The molecule has 2 rings (SSSR count). The maximum Gasteiger partial charge on any atom is 0.253 e. The summed E-state index contributed by atoms with van der Waals surface area (Å²) >= 11 is 18.1. The molecule has 2 aromatic rings. The summed E-state index contributed by atoms with van der Waals surface area (Å²) in [7, 11) is 1.65. The van der Waals surface area contributed by atoms with Gasteiger partial charge in [-0.1, -0.05) is 59.1 Å². The van der Waals surface area contributed by atoms with Crippen molar-refractivity contribution in [1.29, 1.82) is 0 Å². The van der Waals surface area contributed by atoms with E-state index >= 15 is 0 Å². The summed E-state index contributed by atoms with van der Waals surface area (Å²) in [4.78, 5) is 26.3. The third-order valence-corrected chi connectivity index (χ3v) is 4.84. The molecule has 0 bridgehead atoms. The van der Waals surface area contributed by atoms with Crippen molar-refractivity contribution >= 4 is 46.6 Å². The quantitative estimate of drug-likeness (QED) is 0.809. The van der Waals surface area contributed by atoms with E-state index in [1.165, 1.54) is 4.90 Å². The highest BCUT2D eigenvalue weighted by atomic mass is 35.5. The maximum atomic E-state index is 12.5. The van der Waals surface area contributed by atoms with Crippen LogP contribution in [0.4, 0.5) is 0 Å². The molecule has 0 saturated heterocycles. The lowest BCUT2D eigenvalue weighted by Gasteiger charge is -2.23. The fraction of sp³-hybridized carbons (Fsp3) is 0.222. The van der Waals surface area contributed by atoms with Gasteiger partial charge in [0.15, 0.2) is 0 Å². The van der Waals surface area contributed by atoms with E-state index in [0.717, 1.165) is 5.56 Å². The van der Waals surface area contributed by atoms with Gasteiger partial charge in [-0.25, -0.2) is 0 Å². The molecule has 0 aliphatic carbocycles. The monoisotopic (exact) mass is 398 g/mol. The van der Waals surface area contributed by atoms with Crippen LogP contribution in [0.3, 0.4) is 0 Å². The van der Waals surface area contributed by atoms with E-state index in [0.29, 0.717) is 11.6 Å². The highest BCUT2D eigenvalue weighted by Crippen LogP contribution is 2.25. The Hall–Kier alpha value is -1.75. The first-order chi connectivity index (χ1) is 11.8. The van der Waals surface area contributed by atoms with Crippen molar-refractivity contribution < 1.29 is 9.59 Å². The molecule has 4 nitrogen and oxygen atoms in total. The fourth-order valence-electron chi connectivity index (χ4n) is 2.31. The number of nitrogens with zero attached hydrogens (tertiary/aromatic N) is 1. The molecular formula is C18H17Cl3N2O2. The summed E-state index contributed by atoms with van der Waals surface area (Å²) in [5.41, 5.74) is 1.05. The van der Waals surface area contributed by atoms with E-state index in [1.54, 1.807) is 38.2 Å². The molecule has 132 valence electrons. The van der Waals surface area contributed by atoms with Gasteiger partial charge in [0.1, 0.15) is 6.04 Å². The number of nitrogens with one attached hydrogen (secondary N) is 1. The number of carbonyl (C=O) groups excluding carboxylic acids is 2. The molecule has 1 atom stereocenters. The molecule has 0 fully saturated rings. The molecule has 0 radical (unpaired) electrons. The van der Waals surface area contributed by atoms with Gasteiger partial charge >= 0.3 is 0 Å². The van der Waals surface area contributed by atoms with Crippen molar-refractivity contribution in [3.8, 4) is 0 Å². The fourth-order valence-corrected chi connectivity index (χ4v) is 2.89. The largest absolute Gasteiger partial charge is 0.340 e. The first-order valence-electron chi connectivity index (χ1n) is 7.54. The minimum atomic E-state index is -0.727. The van der Waals surface area contributed by atoms with Gasteiger partial charge < -0.3 is 10.2 Å². The first kappa shape index (κ1) is 19.6. The summed E-state index contributed by atoms with van der Waals surface area (Å²) in [5, 5.41) is 3.67. The lowest BCUT2D eigenvalue weighted by molar-refractivity contribution is -0.132. The zero-order chi connectivity index (χ0) is 18.6. The molecule has 0 aliphatic heterocycles. The average Bonchev–Trinajstić information content (AvgIpc) is 2.58. The Morgan fingerprint density at radius 3 is 2.36 bits per heavy atom. The number of amides is 2. The van der Waals surface area contributed by atoms with Gasteiger partial charge in [-0.3, -0.25) is 9.59 Å². The van der Waals surface area contributed by atoms with E-state index < -0.39 is 11.9 Å². The van der Waals surface area contributed by atoms with Crippen LogP contribution in [0.5, 0.6) is 0 Å². The minimum absolute atomic E-state index is 0.158. The van der Waals surface area contributed by atoms with Crippen LogP contribution in [0.1, 0.15) is 22.8 Å². The Morgan fingerprint density at radius 1 is 1.04 bits per heavy atom. The van der Waals surface area contributed by atoms with E-state index in [9.17, 15) is 9.59 Å². The lowest BCUT2D eigenvalue weighted by Crippen LogP contribution is -2.45. The summed E-state index contributed by atoms with van der Waals surface area (Å²) < 4.78 is 0. The Morgan fingerprint density at radius 2 is 1.68 bits per heavy atom. The number of rotatable bonds is 5. The first-order valence-corrected chi connectivity index (χ1v) is 8.68. The Bertz CT molecular complexity index is 796. The highest BCUT2D eigenvalue weighted by molar-refractivity contribution is 6.43. The van der Waals surface area contributed by atoms with E-state index in [2.05, 4.69) is 5.32 Å². The molecule has 0 aromatic heterocycles. The van der Waals surface area contributed by atoms with Crippen LogP contribution in [-0.4, -0.2) is 29.8 Å². The van der Waals surface area contributed by atoms with E-state index in [1.807, 2.05) is 18.2 Å². The molecule has 0 saturated carbocycles. The summed E-state index contributed by atoms with van der Waals surface area (Å²) in [5.74, 6) is -0.703. The van der Waals surface area contributed by atoms with Gasteiger partial charge in [0, 0.05) is 18.6 Å². The van der Waals surface area contributed by atoms with Crippen LogP contribution < -0.4 is 5.32 Å². The zero-order valence-corrected chi connectivity index (χ0v) is 16.0. The van der Waals surface area contributed by atoms with Crippen molar-refractivity contribution in [2.75, 3.05) is 7.05 Å². The molecule has 7 heteroatoms. The average molecular weight is 400 g/mol. The minimum Gasteiger partial charge on any atom is -0.340 e. The van der Waals surface area contributed by atoms with Crippen molar-refractivity contribution in [2.45, 2.75) is 19.5 Å². The topological polar surface area (TPSA) is 49.4 Å². The Balaban J connectivity index is 2.03. The second-order valence-corrected chi connectivity index (χ2v) is 6.77. The molecule has 2 amide bonds. The number of benzene rings is 2. The number of hydrogen-bond donors (Lipinski definition) is 1. The number of halogens is 3. The summed E-state index contributed by atoms with van der Waals surface area (Å²) in [6.45, 7) is 1.96. The van der Waals surface area contributed by atoms with Gasteiger partial charge in [-0.2, -0.15) is 0 Å². The van der Waals surface area contributed by atoms with Crippen molar-refractivity contribution in [3.05, 3.63) is 68.7 Å². The molecule has 0 aliphatic rings. The van der Waals surface area contributed by atoms with Crippen molar-refractivity contribution in [1.82, 2.24) is 10.2 Å². The van der Waals surface area contributed by atoms with Gasteiger partial charge in [-0.05, 0) is 30.7 Å². The SMILES string of the molecule is CC(NC(=O)c1cccc(Cl)c1Cl)C(=O)N(C)Cc1ccccc1Cl. The summed E-state index contributed by atoms with van der Waals surface area (Å²) in [6.07, 6.45) is 0. The second kappa shape index (κ2) is 8.56. The molecule has 25 heavy (non-hydrogen) atoms. The Labute approximate surface area is 161 Å². The van der Waals surface area contributed by atoms with Crippen LogP contribution in [0.2, 0.25) is 15.1 Å². The maximum absolute atomic E-state index is 12.5. The van der Waals surface area contributed by atoms with Crippen LogP contribution in [0, 0.1) is 0 Å². The third kappa shape index (κ3) is 4.88. The van der Waals surface area contributed by atoms with Gasteiger partial charge in [0.25, 0.3) is 5.91 Å². The van der Waals surface area contributed by atoms with Gasteiger partial charge in [-0.15, -0.1) is 0 Å². The van der Waals surface area contributed by atoms with Crippen LogP contribution in [-0.2, 0) is 11.3 Å². The van der Waals surface area contributed by atoms with Crippen molar-refractivity contribution in [2.24, 2.45) is 0 Å². The molecule has 0 heterocycles.